The third-order valence-corrected chi connectivity index (χ3v) is 6.13. The number of aryl methyl sites for hydroxylation is 1. The molecule has 0 spiro atoms. The number of hydrogen-bond acceptors (Lipinski definition) is 6. The molecular weight excluding hydrogens is 433 g/mol. The number of hydrogen-bond donors (Lipinski definition) is 2. The first-order chi connectivity index (χ1) is 14.9. The van der Waals surface area contributed by atoms with Crippen molar-refractivity contribution in [1.29, 1.82) is 0 Å². The molecule has 0 radical (unpaired) electrons. The maximum atomic E-state index is 6.13. The molecule has 2 aromatic heterocycles. The fraction of sp³-hybridized carbons (Fsp3) is 0.409. The van der Waals surface area contributed by atoms with Crippen LogP contribution in [0.3, 0.4) is 0 Å². The zero-order chi connectivity index (χ0) is 22.0. The fourth-order valence-corrected chi connectivity index (χ4v) is 4.53. The average Bonchev–Trinajstić information content (AvgIpc) is 3.14. The highest BCUT2D eigenvalue weighted by Gasteiger charge is 2.24. The quantitative estimate of drug-likeness (QED) is 0.526. The zero-order valence-corrected chi connectivity index (χ0v) is 19.5. The van der Waals surface area contributed by atoms with Crippen LogP contribution in [0.15, 0.2) is 36.8 Å². The number of halogens is 2. The molecule has 0 aliphatic heterocycles. The van der Waals surface area contributed by atoms with Gasteiger partial charge in [-0.2, -0.15) is 10.1 Å². The molecule has 0 atom stereocenters. The third kappa shape index (κ3) is 5.47. The first-order valence-corrected chi connectivity index (χ1v) is 11.1. The summed E-state index contributed by atoms with van der Waals surface area (Å²) in [4.78, 5) is 11.6. The van der Waals surface area contributed by atoms with Gasteiger partial charge < -0.3 is 15.5 Å². The van der Waals surface area contributed by atoms with Crippen molar-refractivity contribution in [2.45, 2.75) is 37.8 Å². The molecule has 0 unspecified atom stereocenters. The van der Waals surface area contributed by atoms with Crippen molar-refractivity contribution in [1.82, 2.24) is 24.6 Å². The Labute approximate surface area is 192 Å². The number of nitrogens with zero attached hydrogens (tertiary/aromatic N) is 5. The van der Waals surface area contributed by atoms with Gasteiger partial charge in [0, 0.05) is 58.4 Å². The van der Waals surface area contributed by atoms with Crippen LogP contribution in [0.25, 0.3) is 11.1 Å². The van der Waals surface area contributed by atoms with Gasteiger partial charge in [-0.3, -0.25) is 4.68 Å². The smallest absolute Gasteiger partial charge is 0.229 e. The summed E-state index contributed by atoms with van der Waals surface area (Å²) in [6, 6.07) is 6.29. The van der Waals surface area contributed by atoms with Gasteiger partial charge in [0.25, 0.3) is 0 Å². The lowest BCUT2D eigenvalue weighted by atomic mass is 9.90. The van der Waals surface area contributed by atoms with Gasteiger partial charge in [0.2, 0.25) is 5.95 Å². The predicted molar refractivity (Wildman–Crippen MR) is 127 cm³/mol. The summed E-state index contributed by atoms with van der Waals surface area (Å²) in [5, 5.41) is 12.3. The maximum absolute atomic E-state index is 6.13. The Hall–Kier alpha value is -2.35. The van der Waals surface area contributed by atoms with E-state index in [0.29, 0.717) is 28.1 Å². The third-order valence-electron chi connectivity index (χ3n) is 5.69. The van der Waals surface area contributed by atoms with Gasteiger partial charge in [-0.1, -0.05) is 23.2 Å². The Balaban J connectivity index is 1.59. The molecule has 0 bridgehead atoms. The summed E-state index contributed by atoms with van der Waals surface area (Å²) >= 11 is 12.3. The van der Waals surface area contributed by atoms with Crippen molar-refractivity contribution >= 4 is 40.7 Å². The second-order valence-electron chi connectivity index (χ2n) is 8.26. The van der Waals surface area contributed by atoms with E-state index in [2.05, 4.69) is 39.7 Å². The van der Waals surface area contributed by atoms with Crippen LogP contribution < -0.4 is 10.6 Å². The van der Waals surface area contributed by atoms with Gasteiger partial charge in [-0.05, 0) is 58.0 Å². The minimum Gasteiger partial charge on any atom is -0.367 e. The maximum Gasteiger partial charge on any atom is 0.229 e. The number of anilines is 3. The van der Waals surface area contributed by atoms with E-state index in [9.17, 15) is 0 Å². The van der Waals surface area contributed by atoms with Crippen LogP contribution in [0.5, 0.6) is 0 Å². The number of rotatable bonds is 6. The molecule has 1 aliphatic rings. The summed E-state index contributed by atoms with van der Waals surface area (Å²) in [5.74, 6) is 1.28. The van der Waals surface area contributed by atoms with E-state index >= 15 is 0 Å². The molecule has 1 aliphatic carbocycles. The molecule has 1 saturated carbocycles. The minimum atomic E-state index is 0.370. The van der Waals surface area contributed by atoms with E-state index in [1.165, 1.54) is 12.8 Å². The van der Waals surface area contributed by atoms with E-state index < -0.39 is 0 Å². The molecule has 31 heavy (non-hydrogen) atoms. The molecule has 2 heterocycles. The Morgan fingerprint density at radius 1 is 1.03 bits per heavy atom. The molecule has 7 nitrogen and oxygen atoms in total. The van der Waals surface area contributed by atoms with Crippen LogP contribution in [0.1, 0.15) is 25.7 Å². The highest BCUT2D eigenvalue weighted by Crippen LogP contribution is 2.31. The normalized spacial score (nSPS) is 18.9. The topological polar surface area (TPSA) is 70.9 Å². The van der Waals surface area contributed by atoms with E-state index in [0.717, 1.165) is 35.5 Å². The molecule has 1 aromatic carbocycles. The Kier molecular flexibility index (Phi) is 6.65. The Morgan fingerprint density at radius 2 is 1.74 bits per heavy atom. The second kappa shape index (κ2) is 9.42. The van der Waals surface area contributed by atoms with Crippen molar-refractivity contribution < 1.29 is 0 Å². The van der Waals surface area contributed by atoms with Gasteiger partial charge in [-0.15, -0.1) is 0 Å². The first-order valence-electron chi connectivity index (χ1n) is 10.4. The van der Waals surface area contributed by atoms with Gasteiger partial charge in [0.15, 0.2) is 0 Å². The first kappa shape index (κ1) is 21.9. The van der Waals surface area contributed by atoms with E-state index in [4.69, 9.17) is 28.2 Å². The summed E-state index contributed by atoms with van der Waals surface area (Å²) in [6.45, 7) is 0. The van der Waals surface area contributed by atoms with Crippen molar-refractivity contribution in [2.24, 2.45) is 7.05 Å². The molecule has 0 amide bonds. The van der Waals surface area contributed by atoms with Gasteiger partial charge in [-0.25, -0.2) is 4.98 Å². The van der Waals surface area contributed by atoms with Gasteiger partial charge in [0.05, 0.1) is 6.20 Å². The summed E-state index contributed by atoms with van der Waals surface area (Å²) in [6.07, 6.45) is 10.2. The van der Waals surface area contributed by atoms with Crippen LogP contribution in [0.2, 0.25) is 10.0 Å². The molecule has 0 saturated heterocycles. The predicted octanol–water partition coefficient (Wildman–Crippen LogP) is 5.21. The largest absolute Gasteiger partial charge is 0.367 e. The summed E-state index contributed by atoms with van der Waals surface area (Å²) in [5.41, 5.74) is 2.64. The number of nitrogens with one attached hydrogen (secondary N) is 2. The Bertz CT molecular complexity index is 1020. The molecular formula is C22H27Cl2N7. The van der Waals surface area contributed by atoms with Gasteiger partial charge in [0.1, 0.15) is 5.82 Å². The molecule has 164 valence electrons. The van der Waals surface area contributed by atoms with Crippen LogP contribution in [0, 0.1) is 0 Å². The lowest BCUT2D eigenvalue weighted by Crippen LogP contribution is -2.36. The second-order valence-corrected chi connectivity index (χ2v) is 9.13. The zero-order valence-electron chi connectivity index (χ0n) is 17.9. The highest BCUT2D eigenvalue weighted by molar-refractivity contribution is 6.35. The standard InChI is InChI=1S/C22H27Cl2N7/c1-30(2)19-6-4-17(5-7-19)27-21-20(14-11-26-31(3)13-14)12-25-22(29-21)28-18-9-15(23)8-16(24)10-18/h8-13,17,19H,4-7H2,1-3H3,(H2,25,27,28,29)/t17-,19+. The van der Waals surface area contributed by atoms with E-state index in [1.807, 2.05) is 25.6 Å². The van der Waals surface area contributed by atoms with Crippen molar-refractivity contribution in [2.75, 3.05) is 24.7 Å². The molecule has 9 heteroatoms. The number of aromatic nitrogens is 4. The Morgan fingerprint density at radius 3 is 2.35 bits per heavy atom. The van der Waals surface area contributed by atoms with Crippen LogP contribution in [-0.2, 0) is 7.05 Å². The minimum absolute atomic E-state index is 0.370. The van der Waals surface area contributed by atoms with Crippen molar-refractivity contribution in [3.05, 3.63) is 46.8 Å². The highest BCUT2D eigenvalue weighted by atomic mass is 35.5. The van der Waals surface area contributed by atoms with Crippen molar-refractivity contribution in [3.8, 4) is 11.1 Å². The fourth-order valence-electron chi connectivity index (χ4n) is 4.01. The molecule has 4 rings (SSSR count). The van der Waals surface area contributed by atoms with Crippen LogP contribution >= 0.6 is 23.2 Å². The SMILES string of the molecule is Cn1cc(-c2cnc(Nc3cc(Cl)cc(Cl)c3)nc2N[C@H]2CC[C@@H](N(C)C)CC2)cn1. The lowest BCUT2D eigenvalue weighted by molar-refractivity contribution is 0.221. The van der Waals surface area contributed by atoms with Gasteiger partial charge >= 0.3 is 0 Å². The van der Waals surface area contributed by atoms with E-state index in [1.54, 1.807) is 22.9 Å². The summed E-state index contributed by atoms with van der Waals surface area (Å²) < 4.78 is 1.78. The summed E-state index contributed by atoms with van der Waals surface area (Å²) in [7, 11) is 6.21. The monoisotopic (exact) mass is 459 g/mol. The van der Waals surface area contributed by atoms with E-state index in [-0.39, 0.29) is 0 Å². The van der Waals surface area contributed by atoms with Crippen LogP contribution in [0.4, 0.5) is 17.5 Å². The average molecular weight is 460 g/mol. The lowest BCUT2D eigenvalue weighted by Gasteiger charge is -2.33. The number of benzene rings is 1. The molecule has 3 aromatic rings. The molecule has 2 N–H and O–H groups in total. The molecule has 1 fully saturated rings. The van der Waals surface area contributed by atoms with Crippen molar-refractivity contribution in [3.63, 3.8) is 0 Å². The van der Waals surface area contributed by atoms with Crippen LogP contribution in [-0.4, -0.2) is 50.8 Å².